The summed E-state index contributed by atoms with van der Waals surface area (Å²) in [5.74, 6) is 0.199. The molecule has 1 aromatic rings. The zero-order valence-electron chi connectivity index (χ0n) is 15.2. The largest absolute Gasteiger partial charge is 0.336 e. The Morgan fingerprint density at radius 1 is 1.08 bits per heavy atom. The minimum absolute atomic E-state index is 0.0133. The lowest BCUT2D eigenvalue weighted by Crippen LogP contribution is -2.53. The molecular formula is C19H28N4O2. The Bertz CT molecular complexity index is 624. The van der Waals surface area contributed by atoms with Gasteiger partial charge in [0.05, 0.1) is 0 Å². The van der Waals surface area contributed by atoms with E-state index in [0.717, 1.165) is 51.4 Å². The van der Waals surface area contributed by atoms with E-state index in [2.05, 4.69) is 16.3 Å². The Kier molecular flexibility index (Phi) is 5.58. The molecule has 0 radical (unpaired) electrons. The maximum atomic E-state index is 12.6. The number of urea groups is 1. The van der Waals surface area contributed by atoms with Gasteiger partial charge in [-0.1, -0.05) is 18.2 Å². The number of piperazine rings is 1. The van der Waals surface area contributed by atoms with Crippen molar-refractivity contribution >= 4 is 17.6 Å². The van der Waals surface area contributed by atoms with Crippen molar-refractivity contribution in [3.8, 4) is 0 Å². The van der Waals surface area contributed by atoms with Crippen LogP contribution < -0.4 is 10.2 Å². The van der Waals surface area contributed by atoms with Crippen LogP contribution in [0.15, 0.2) is 24.3 Å². The fourth-order valence-electron chi connectivity index (χ4n) is 3.50. The average Bonchev–Trinajstić information content (AvgIpc) is 3.03. The van der Waals surface area contributed by atoms with Gasteiger partial charge in [-0.15, -0.1) is 0 Å². The highest BCUT2D eigenvalue weighted by molar-refractivity contribution is 5.95. The predicted octanol–water partition coefficient (Wildman–Crippen LogP) is 1.70. The van der Waals surface area contributed by atoms with Crippen molar-refractivity contribution in [3.05, 3.63) is 29.8 Å². The molecule has 0 atom stereocenters. The topological polar surface area (TPSA) is 55.9 Å². The number of carbonyl (C=O) groups is 2. The van der Waals surface area contributed by atoms with Crippen LogP contribution in [-0.4, -0.2) is 67.0 Å². The van der Waals surface area contributed by atoms with Gasteiger partial charge in [0, 0.05) is 57.4 Å². The van der Waals surface area contributed by atoms with E-state index in [9.17, 15) is 9.59 Å². The highest BCUT2D eigenvalue weighted by Gasteiger charge is 2.25. The first-order valence-corrected chi connectivity index (χ1v) is 9.20. The molecule has 0 saturated carbocycles. The SMILES string of the molecule is CC(C)NC(=O)N1CCN(CCC(=O)N2CCc3ccccc32)CC1. The number of amides is 3. The summed E-state index contributed by atoms with van der Waals surface area (Å²) in [4.78, 5) is 30.6. The van der Waals surface area contributed by atoms with E-state index in [-0.39, 0.29) is 18.0 Å². The summed E-state index contributed by atoms with van der Waals surface area (Å²) in [6.45, 7) is 8.59. The first kappa shape index (κ1) is 17.7. The molecule has 2 aliphatic heterocycles. The third-order valence-electron chi connectivity index (χ3n) is 4.90. The second kappa shape index (κ2) is 7.87. The number of hydrogen-bond donors (Lipinski definition) is 1. The number of benzene rings is 1. The summed E-state index contributed by atoms with van der Waals surface area (Å²) in [5, 5.41) is 2.93. The predicted molar refractivity (Wildman–Crippen MR) is 98.8 cm³/mol. The van der Waals surface area contributed by atoms with Crippen molar-refractivity contribution in [2.75, 3.05) is 44.2 Å². The molecule has 136 valence electrons. The van der Waals surface area contributed by atoms with Gasteiger partial charge in [-0.3, -0.25) is 9.69 Å². The van der Waals surface area contributed by atoms with Gasteiger partial charge in [-0.2, -0.15) is 0 Å². The molecular weight excluding hydrogens is 316 g/mol. The van der Waals surface area contributed by atoms with E-state index in [1.54, 1.807) is 0 Å². The molecule has 6 nitrogen and oxygen atoms in total. The normalized spacial score (nSPS) is 17.7. The lowest BCUT2D eigenvalue weighted by Gasteiger charge is -2.35. The molecule has 2 heterocycles. The van der Waals surface area contributed by atoms with Gasteiger partial charge in [0.2, 0.25) is 5.91 Å². The van der Waals surface area contributed by atoms with Crippen molar-refractivity contribution in [3.63, 3.8) is 0 Å². The molecule has 1 fully saturated rings. The van der Waals surface area contributed by atoms with Crippen LogP contribution in [0.25, 0.3) is 0 Å². The third-order valence-corrected chi connectivity index (χ3v) is 4.90. The highest BCUT2D eigenvalue weighted by Crippen LogP contribution is 2.27. The molecule has 6 heteroatoms. The van der Waals surface area contributed by atoms with Crippen molar-refractivity contribution in [1.29, 1.82) is 0 Å². The van der Waals surface area contributed by atoms with Crippen LogP contribution in [-0.2, 0) is 11.2 Å². The summed E-state index contributed by atoms with van der Waals surface area (Å²) in [6, 6.07) is 8.33. The monoisotopic (exact) mass is 344 g/mol. The van der Waals surface area contributed by atoms with E-state index < -0.39 is 0 Å². The number of para-hydroxylation sites is 1. The lowest BCUT2D eigenvalue weighted by molar-refractivity contribution is -0.118. The summed E-state index contributed by atoms with van der Waals surface area (Å²) in [7, 11) is 0. The van der Waals surface area contributed by atoms with E-state index in [4.69, 9.17) is 0 Å². The van der Waals surface area contributed by atoms with Gasteiger partial charge in [-0.25, -0.2) is 4.79 Å². The summed E-state index contributed by atoms with van der Waals surface area (Å²) in [5.41, 5.74) is 2.34. The molecule has 25 heavy (non-hydrogen) atoms. The molecule has 0 unspecified atom stereocenters. The van der Waals surface area contributed by atoms with Gasteiger partial charge < -0.3 is 15.1 Å². The van der Waals surface area contributed by atoms with Crippen LogP contribution in [0.4, 0.5) is 10.5 Å². The van der Waals surface area contributed by atoms with Crippen LogP contribution in [0.1, 0.15) is 25.8 Å². The number of nitrogens with one attached hydrogen (secondary N) is 1. The van der Waals surface area contributed by atoms with Gasteiger partial charge in [0.15, 0.2) is 0 Å². The Balaban J connectivity index is 1.43. The molecule has 3 amide bonds. The molecule has 0 aromatic heterocycles. The van der Waals surface area contributed by atoms with Crippen molar-refractivity contribution in [1.82, 2.24) is 15.1 Å². The minimum Gasteiger partial charge on any atom is -0.336 e. The highest BCUT2D eigenvalue weighted by atomic mass is 16.2. The van der Waals surface area contributed by atoms with Crippen molar-refractivity contribution < 1.29 is 9.59 Å². The lowest BCUT2D eigenvalue weighted by atomic mass is 10.2. The van der Waals surface area contributed by atoms with Crippen LogP contribution in [0.5, 0.6) is 0 Å². The summed E-state index contributed by atoms with van der Waals surface area (Å²) >= 11 is 0. The van der Waals surface area contributed by atoms with Gasteiger partial charge >= 0.3 is 6.03 Å². The van der Waals surface area contributed by atoms with Gasteiger partial charge in [-0.05, 0) is 31.9 Å². The fraction of sp³-hybridized carbons (Fsp3) is 0.579. The number of anilines is 1. The number of rotatable bonds is 4. The van der Waals surface area contributed by atoms with Gasteiger partial charge in [0.25, 0.3) is 0 Å². The number of hydrogen-bond acceptors (Lipinski definition) is 3. The quantitative estimate of drug-likeness (QED) is 0.904. The third kappa shape index (κ3) is 4.31. The molecule has 0 spiro atoms. The number of fused-ring (bicyclic) bond motifs is 1. The second-order valence-corrected chi connectivity index (χ2v) is 7.11. The van der Waals surface area contributed by atoms with Gasteiger partial charge in [0.1, 0.15) is 0 Å². The van der Waals surface area contributed by atoms with Crippen LogP contribution >= 0.6 is 0 Å². The molecule has 2 aliphatic rings. The summed E-state index contributed by atoms with van der Waals surface area (Å²) < 4.78 is 0. The van der Waals surface area contributed by atoms with E-state index >= 15 is 0 Å². The fourth-order valence-corrected chi connectivity index (χ4v) is 3.50. The number of nitrogens with zero attached hydrogens (tertiary/aromatic N) is 3. The van der Waals surface area contributed by atoms with Crippen LogP contribution in [0.3, 0.4) is 0 Å². The molecule has 0 bridgehead atoms. The van der Waals surface area contributed by atoms with Crippen LogP contribution in [0.2, 0.25) is 0 Å². The number of carbonyl (C=O) groups excluding carboxylic acids is 2. The zero-order valence-corrected chi connectivity index (χ0v) is 15.2. The Morgan fingerprint density at radius 3 is 2.52 bits per heavy atom. The Labute approximate surface area is 149 Å². The molecule has 1 aromatic carbocycles. The molecule has 0 aliphatic carbocycles. The van der Waals surface area contributed by atoms with Crippen LogP contribution in [0, 0.1) is 0 Å². The Hall–Kier alpha value is -2.08. The van der Waals surface area contributed by atoms with E-state index in [0.29, 0.717) is 6.42 Å². The average molecular weight is 344 g/mol. The first-order valence-electron chi connectivity index (χ1n) is 9.20. The minimum atomic E-state index is 0.0133. The molecule has 1 saturated heterocycles. The smallest absolute Gasteiger partial charge is 0.317 e. The van der Waals surface area contributed by atoms with E-state index in [1.807, 2.05) is 41.8 Å². The zero-order chi connectivity index (χ0) is 17.8. The maximum Gasteiger partial charge on any atom is 0.317 e. The molecule has 1 N–H and O–H groups in total. The standard InChI is InChI=1S/C19H28N4O2/c1-15(2)20-19(25)22-13-11-21(12-14-22)9-8-18(24)23-10-7-16-5-3-4-6-17(16)23/h3-6,15H,7-14H2,1-2H3,(H,20,25). The van der Waals surface area contributed by atoms with E-state index in [1.165, 1.54) is 5.56 Å². The maximum absolute atomic E-state index is 12.6. The first-order chi connectivity index (χ1) is 12.0. The summed E-state index contributed by atoms with van der Waals surface area (Å²) in [6.07, 6.45) is 1.48. The van der Waals surface area contributed by atoms with Crippen molar-refractivity contribution in [2.45, 2.75) is 32.7 Å². The second-order valence-electron chi connectivity index (χ2n) is 7.11. The Morgan fingerprint density at radius 2 is 1.80 bits per heavy atom. The molecule has 3 rings (SSSR count). The van der Waals surface area contributed by atoms with Crippen molar-refractivity contribution in [2.24, 2.45) is 0 Å².